The van der Waals surface area contributed by atoms with E-state index in [4.69, 9.17) is 16.7 Å². The molecule has 6 heteroatoms. The highest BCUT2D eigenvalue weighted by Gasteiger charge is 2.38. The number of allylic oxidation sites excluding steroid dienone is 4. The van der Waals surface area contributed by atoms with Gasteiger partial charge in [-0.1, -0.05) is 42.3 Å². The fourth-order valence-electron chi connectivity index (χ4n) is 3.48. The maximum absolute atomic E-state index is 11.5. The van der Waals surface area contributed by atoms with Gasteiger partial charge in [-0.15, -0.1) is 0 Å². The first kappa shape index (κ1) is 16.5. The Morgan fingerprint density at radius 3 is 2.04 bits per heavy atom. The monoisotopic (exact) mass is 372 g/mol. The van der Waals surface area contributed by atoms with Crippen molar-refractivity contribution in [3.05, 3.63) is 71.0 Å². The summed E-state index contributed by atoms with van der Waals surface area (Å²) >= 11 is 5.91. The number of rotatable bonds is 3. The lowest BCUT2D eigenvalue weighted by Gasteiger charge is -2.34. The summed E-state index contributed by atoms with van der Waals surface area (Å²) in [4.78, 5) is 4.31. The van der Waals surface area contributed by atoms with Crippen LogP contribution < -0.4 is 5.14 Å². The lowest BCUT2D eigenvalue weighted by molar-refractivity contribution is 0.282. The predicted octanol–water partition coefficient (Wildman–Crippen LogP) is 4.03. The average molecular weight is 373 g/mol. The van der Waals surface area contributed by atoms with Gasteiger partial charge in [-0.25, -0.2) is 18.5 Å². The SMILES string of the molecule is NS(=O)(=O)c1ccc(C2=CC3(C=C2c2ccc(Cl)nc2)CCC3)cc1. The molecule has 4 rings (SSSR count). The molecule has 128 valence electrons. The van der Waals surface area contributed by atoms with Crippen LogP contribution >= 0.6 is 11.6 Å². The van der Waals surface area contributed by atoms with E-state index in [2.05, 4.69) is 17.1 Å². The molecule has 2 aliphatic rings. The molecule has 1 aromatic carbocycles. The zero-order valence-electron chi connectivity index (χ0n) is 13.4. The number of nitrogens with two attached hydrogens (primary N) is 1. The minimum Gasteiger partial charge on any atom is -0.244 e. The molecule has 2 N–H and O–H groups in total. The third-order valence-electron chi connectivity index (χ3n) is 4.97. The normalized spacial score (nSPS) is 18.6. The van der Waals surface area contributed by atoms with Crippen molar-refractivity contribution in [2.24, 2.45) is 10.6 Å². The molecule has 1 aromatic heterocycles. The van der Waals surface area contributed by atoms with Crippen LogP contribution in [0.3, 0.4) is 0 Å². The molecule has 0 unspecified atom stereocenters. The van der Waals surface area contributed by atoms with E-state index in [0.717, 1.165) is 35.1 Å². The first-order valence-corrected chi connectivity index (χ1v) is 10.0. The second-order valence-corrected chi connectivity index (χ2v) is 8.59. The first-order chi connectivity index (χ1) is 11.9. The van der Waals surface area contributed by atoms with Gasteiger partial charge in [0, 0.05) is 17.2 Å². The van der Waals surface area contributed by atoms with E-state index in [9.17, 15) is 8.42 Å². The second-order valence-electron chi connectivity index (χ2n) is 6.64. The van der Waals surface area contributed by atoms with Crippen LogP contribution in [0.2, 0.25) is 5.15 Å². The zero-order chi connectivity index (χ0) is 17.7. The zero-order valence-corrected chi connectivity index (χ0v) is 15.0. The number of pyridine rings is 1. The Bertz CT molecular complexity index is 987. The summed E-state index contributed by atoms with van der Waals surface area (Å²) in [5, 5.41) is 5.65. The van der Waals surface area contributed by atoms with Crippen molar-refractivity contribution in [3.63, 3.8) is 0 Å². The standard InChI is InChI=1S/C19H17ClN2O2S/c20-18-7-4-14(12-22-18)17-11-19(8-1-9-19)10-16(17)13-2-5-15(6-3-13)25(21,23)24/h2-7,10-12H,1,8-9H2,(H2,21,23,24). The molecule has 25 heavy (non-hydrogen) atoms. The van der Waals surface area contributed by atoms with E-state index in [1.165, 1.54) is 6.42 Å². The van der Waals surface area contributed by atoms with Crippen molar-refractivity contribution in [1.29, 1.82) is 0 Å². The highest BCUT2D eigenvalue weighted by atomic mass is 35.5. The average Bonchev–Trinajstić information content (AvgIpc) is 2.96. The summed E-state index contributed by atoms with van der Waals surface area (Å²) in [5.41, 5.74) is 4.31. The molecule has 0 radical (unpaired) electrons. The minimum atomic E-state index is -3.69. The van der Waals surface area contributed by atoms with Gasteiger partial charge in [-0.05, 0) is 53.8 Å². The fourth-order valence-corrected chi connectivity index (χ4v) is 4.11. The van der Waals surface area contributed by atoms with Crippen LogP contribution in [0, 0.1) is 5.41 Å². The Labute approximate surface area is 152 Å². The Balaban J connectivity index is 1.77. The van der Waals surface area contributed by atoms with Crippen molar-refractivity contribution in [3.8, 4) is 0 Å². The molecule has 0 bridgehead atoms. The van der Waals surface area contributed by atoms with Gasteiger partial charge < -0.3 is 0 Å². The number of hydrogen-bond acceptors (Lipinski definition) is 3. The maximum atomic E-state index is 11.5. The van der Waals surface area contributed by atoms with Gasteiger partial charge in [-0.2, -0.15) is 0 Å². The Morgan fingerprint density at radius 1 is 0.960 bits per heavy atom. The molecule has 0 aliphatic heterocycles. The summed E-state index contributed by atoms with van der Waals surface area (Å²) in [6.07, 6.45) is 9.87. The Morgan fingerprint density at radius 2 is 1.56 bits per heavy atom. The van der Waals surface area contributed by atoms with E-state index in [1.807, 2.05) is 6.07 Å². The van der Waals surface area contributed by atoms with E-state index in [0.29, 0.717) is 5.15 Å². The molecule has 1 fully saturated rings. The van der Waals surface area contributed by atoms with E-state index in [-0.39, 0.29) is 10.3 Å². The number of aromatic nitrogens is 1. The van der Waals surface area contributed by atoms with Crippen LogP contribution in [0.25, 0.3) is 11.1 Å². The molecule has 2 aromatic rings. The fraction of sp³-hybridized carbons (Fsp3) is 0.211. The summed E-state index contributed by atoms with van der Waals surface area (Å²) in [7, 11) is -3.69. The predicted molar refractivity (Wildman–Crippen MR) is 99.3 cm³/mol. The molecule has 0 amide bonds. The van der Waals surface area contributed by atoms with Crippen molar-refractivity contribution in [2.75, 3.05) is 0 Å². The van der Waals surface area contributed by atoms with Gasteiger partial charge in [0.15, 0.2) is 0 Å². The van der Waals surface area contributed by atoms with Gasteiger partial charge >= 0.3 is 0 Å². The van der Waals surface area contributed by atoms with Crippen molar-refractivity contribution in [2.45, 2.75) is 24.2 Å². The van der Waals surface area contributed by atoms with Crippen LogP contribution in [-0.4, -0.2) is 13.4 Å². The topological polar surface area (TPSA) is 73.1 Å². The number of nitrogens with zero attached hydrogens (tertiary/aromatic N) is 1. The van der Waals surface area contributed by atoms with Gasteiger partial charge in [0.05, 0.1) is 4.90 Å². The number of benzene rings is 1. The molecule has 4 nitrogen and oxygen atoms in total. The number of halogens is 1. The quantitative estimate of drug-likeness (QED) is 0.826. The summed E-state index contributed by atoms with van der Waals surface area (Å²) in [5.74, 6) is 0. The van der Waals surface area contributed by atoms with Crippen LogP contribution in [0.4, 0.5) is 0 Å². The van der Waals surface area contributed by atoms with E-state index in [1.54, 1.807) is 36.5 Å². The number of sulfonamides is 1. The van der Waals surface area contributed by atoms with Crippen LogP contribution in [-0.2, 0) is 10.0 Å². The maximum Gasteiger partial charge on any atom is 0.238 e. The lowest BCUT2D eigenvalue weighted by Crippen LogP contribution is -2.22. The van der Waals surface area contributed by atoms with E-state index < -0.39 is 10.0 Å². The van der Waals surface area contributed by atoms with Crippen molar-refractivity contribution in [1.82, 2.24) is 4.98 Å². The van der Waals surface area contributed by atoms with Crippen LogP contribution in [0.1, 0.15) is 30.4 Å². The Hall–Kier alpha value is -1.95. The molecular formula is C19H17ClN2O2S. The second kappa shape index (κ2) is 5.80. The summed E-state index contributed by atoms with van der Waals surface area (Å²) in [6, 6.07) is 10.5. The smallest absolute Gasteiger partial charge is 0.238 e. The minimum absolute atomic E-state index is 0.114. The lowest BCUT2D eigenvalue weighted by atomic mass is 9.70. The van der Waals surface area contributed by atoms with Crippen molar-refractivity contribution < 1.29 is 8.42 Å². The van der Waals surface area contributed by atoms with Gasteiger partial charge in [-0.3, -0.25) is 0 Å². The summed E-state index contributed by atoms with van der Waals surface area (Å²) in [6.45, 7) is 0. The number of primary sulfonamides is 1. The first-order valence-electron chi connectivity index (χ1n) is 8.08. The van der Waals surface area contributed by atoms with E-state index >= 15 is 0 Å². The molecule has 0 atom stereocenters. The molecular weight excluding hydrogens is 356 g/mol. The van der Waals surface area contributed by atoms with Gasteiger partial charge in [0.25, 0.3) is 0 Å². The molecule has 1 heterocycles. The number of hydrogen-bond donors (Lipinski definition) is 1. The van der Waals surface area contributed by atoms with Crippen molar-refractivity contribution >= 4 is 32.8 Å². The Kier molecular flexibility index (Phi) is 3.83. The van der Waals surface area contributed by atoms with Crippen LogP contribution in [0.15, 0.2) is 59.6 Å². The van der Waals surface area contributed by atoms with Gasteiger partial charge in [0.1, 0.15) is 5.15 Å². The molecule has 1 spiro atoms. The molecule has 2 aliphatic carbocycles. The highest BCUT2D eigenvalue weighted by molar-refractivity contribution is 7.89. The third kappa shape index (κ3) is 3.03. The van der Waals surface area contributed by atoms with Gasteiger partial charge in [0.2, 0.25) is 10.0 Å². The highest BCUT2D eigenvalue weighted by Crippen LogP contribution is 2.53. The molecule has 1 saturated carbocycles. The van der Waals surface area contributed by atoms with Crippen LogP contribution in [0.5, 0.6) is 0 Å². The summed E-state index contributed by atoms with van der Waals surface area (Å²) < 4.78 is 22.9. The third-order valence-corrected chi connectivity index (χ3v) is 6.12. The molecule has 0 saturated heterocycles. The largest absolute Gasteiger partial charge is 0.244 e.